The van der Waals surface area contributed by atoms with Crippen LogP contribution in [-0.4, -0.2) is 63.3 Å². The summed E-state index contributed by atoms with van der Waals surface area (Å²) in [6.07, 6.45) is 7.80. The zero-order chi connectivity index (χ0) is 29.2. The van der Waals surface area contributed by atoms with Gasteiger partial charge in [0, 0.05) is 24.7 Å². The number of benzene rings is 4. The van der Waals surface area contributed by atoms with Gasteiger partial charge in [0.25, 0.3) is 0 Å². The summed E-state index contributed by atoms with van der Waals surface area (Å²) in [4.78, 5) is 0. The summed E-state index contributed by atoms with van der Waals surface area (Å²) < 4.78 is 2.24. The lowest BCUT2D eigenvalue weighted by Crippen LogP contribution is -2.42. The Morgan fingerprint density at radius 3 is 0.976 bits per heavy atom. The lowest BCUT2D eigenvalue weighted by Gasteiger charge is -2.32. The molecule has 2 aliphatic rings. The standard InChI is InChI=1S/C40H50N2/c1-41(2,29-25-39-35-21-11-7-17-31(35)32-18-8-12-22-36(32)39)27-15-5-6-16-28-42(3,4)30-26-40-37-23-13-9-19-33(37)34-20-10-14-24-38(34)40/h7-14,17-24,39-40H,5-6,15-16,25-30H2,1-4H3/q+2. The zero-order valence-electron chi connectivity index (χ0n) is 26.4. The van der Waals surface area contributed by atoms with Crippen LogP contribution in [0, 0.1) is 0 Å². The third-order valence-electron chi connectivity index (χ3n) is 10.2. The van der Waals surface area contributed by atoms with Crippen LogP contribution in [-0.2, 0) is 0 Å². The van der Waals surface area contributed by atoms with Crippen molar-refractivity contribution in [2.45, 2.75) is 50.4 Å². The molecule has 4 aromatic rings. The van der Waals surface area contributed by atoms with E-state index in [9.17, 15) is 0 Å². The largest absolute Gasteiger partial charge is 0.328 e. The summed E-state index contributed by atoms with van der Waals surface area (Å²) in [5.74, 6) is 1.09. The molecular weight excluding hydrogens is 508 g/mol. The maximum Gasteiger partial charge on any atom is 0.0791 e. The van der Waals surface area contributed by atoms with Crippen molar-refractivity contribution in [1.82, 2.24) is 0 Å². The smallest absolute Gasteiger partial charge is 0.0791 e. The third-order valence-corrected chi connectivity index (χ3v) is 10.2. The van der Waals surface area contributed by atoms with Gasteiger partial charge in [-0.15, -0.1) is 0 Å². The van der Waals surface area contributed by atoms with Crippen molar-refractivity contribution in [3.05, 3.63) is 119 Å². The number of hydrogen-bond donors (Lipinski definition) is 0. The van der Waals surface area contributed by atoms with Gasteiger partial charge < -0.3 is 8.97 Å². The first-order valence-electron chi connectivity index (χ1n) is 16.3. The topological polar surface area (TPSA) is 0 Å². The minimum Gasteiger partial charge on any atom is -0.328 e. The first kappa shape index (κ1) is 28.9. The Kier molecular flexibility index (Phi) is 8.39. The molecule has 0 amide bonds. The number of quaternary nitrogens is 2. The number of fused-ring (bicyclic) bond motifs is 6. The molecule has 0 unspecified atom stereocenters. The molecule has 0 saturated carbocycles. The van der Waals surface area contributed by atoms with Crippen molar-refractivity contribution in [2.24, 2.45) is 0 Å². The van der Waals surface area contributed by atoms with Crippen LogP contribution in [0.5, 0.6) is 0 Å². The average molecular weight is 559 g/mol. The Hall–Kier alpha value is -3.20. The van der Waals surface area contributed by atoms with Gasteiger partial charge in [-0.3, -0.25) is 0 Å². The quantitative estimate of drug-likeness (QED) is 0.113. The highest BCUT2D eigenvalue weighted by atomic mass is 15.3. The van der Waals surface area contributed by atoms with Crippen molar-refractivity contribution in [3.8, 4) is 22.3 Å². The second-order valence-electron chi connectivity index (χ2n) is 14.2. The summed E-state index contributed by atoms with van der Waals surface area (Å²) in [5, 5.41) is 0. The van der Waals surface area contributed by atoms with Crippen LogP contribution in [0.25, 0.3) is 22.3 Å². The third kappa shape index (κ3) is 6.12. The first-order valence-corrected chi connectivity index (χ1v) is 16.3. The molecule has 0 N–H and O–H groups in total. The number of hydrogen-bond acceptors (Lipinski definition) is 0. The van der Waals surface area contributed by atoms with E-state index in [1.807, 2.05) is 0 Å². The van der Waals surface area contributed by atoms with E-state index in [-0.39, 0.29) is 0 Å². The number of nitrogens with zero attached hydrogens (tertiary/aromatic N) is 2. The Balaban J connectivity index is 0.929. The molecule has 0 atom stereocenters. The van der Waals surface area contributed by atoms with E-state index >= 15 is 0 Å². The van der Waals surface area contributed by atoms with Gasteiger partial charge in [-0.1, -0.05) is 97.1 Å². The summed E-state index contributed by atoms with van der Waals surface area (Å²) in [5.41, 5.74) is 11.9. The highest BCUT2D eigenvalue weighted by Crippen LogP contribution is 2.47. The fraction of sp³-hybridized carbons (Fsp3) is 0.400. The normalized spacial score (nSPS) is 14.5. The Morgan fingerprint density at radius 1 is 0.381 bits per heavy atom. The molecule has 0 bridgehead atoms. The minimum absolute atomic E-state index is 0.543. The van der Waals surface area contributed by atoms with Gasteiger partial charge in [0.15, 0.2) is 0 Å². The van der Waals surface area contributed by atoms with Crippen molar-refractivity contribution < 1.29 is 8.97 Å². The van der Waals surface area contributed by atoms with Crippen LogP contribution in [0.3, 0.4) is 0 Å². The van der Waals surface area contributed by atoms with Crippen molar-refractivity contribution in [3.63, 3.8) is 0 Å². The second-order valence-corrected chi connectivity index (χ2v) is 14.2. The first-order chi connectivity index (χ1) is 20.3. The van der Waals surface area contributed by atoms with Crippen molar-refractivity contribution >= 4 is 0 Å². The molecule has 6 rings (SSSR count). The van der Waals surface area contributed by atoms with Crippen molar-refractivity contribution in [2.75, 3.05) is 54.4 Å². The van der Waals surface area contributed by atoms with Gasteiger partial charge >= 0.3 is 0 Å². The van der Waals surface area contributed by atoms with Crippen LogP contribution >= 0.6 is 0 Å². The van der Waals surface area contributed by atoms with Gasteiger partial charge in [-0.05, 0) is 70.2 Å². The highest BCUT2D eigenvalue weighted by Gasteiger charge is 2.31. The van der Waals surface area contributed by atoms with Gasteiger partial charge in [-0.25, -0.2) is 0 Å². The molecular formula is C40H50N2+2. The molecule has 2 heteroatoms. The van der Waals surface area contributed by atoms with Gasteiger partial charge in [0.2, 0.25) is 0 Å². The van der Waals surface area contributed by atoms with E-state index in [1.54, 1.807) is 0 Å². The predicted molar refractivity (Wildman–Crippen MR) is 179 cm³/mol. The highest BCUT2D eigenvalue weighted by molar-refractivity contribution is 5.79. The molecule has 2 nitrogen and oxygen atoms in total. The molecule has 0 fully saturated rings. The monoisotopic (exact) mass is 558 g/mol. The van der Waals surface area contributed by atoms with Crippen LogP contribution < -0.4 is 0 Å². The van der Waals surface area contributed by atoms with E-state index in [1.165, 1.54) is 109 Å². The molecule has 0 heterocycles. The van der Waals surface area contributed by atoms with Crippen LogP contribution in [0.4, 0.5) is 0 Å². The van der Waals surface area contributed by atoms with E-state index < -0.39 is 0 Å². The fourth-order valence-corrected chi connectivity index (χ4v) is 7.76. The van der Waals surface area contributed by atoms with Crippen molar-refractivity contribution in [1.29, 1.82) is 0 Å². The number of unbranched alkanes of at least 4 members (excludes halogenated alkanes) is 3. The molecule has 42 heavy (non-hydrogen) atoms. The van der Waals surface area contributed by atoms with E-state index in [0.29, 0.717) is 11.8 Å². The van der Waals surface area contributed by atoms with Gasteiger partial charge in [0.05, 0.1) is 54.4 Å². The maximum atomic E-state index is 2.44. The lowest BCUT2D eigenvalue weighted by molar-refractivity contribution is -0.891. The van der Waals surface area contributed by atoms with Crippen LogP contribution in [0.2, 0.25) is 0 Å². The Morgan fingerprint density at radius 2 is 0.667 bits per heavy atom. The second kappa shape index (κ2) is 12.2. The predicted octanol–water partition coefficient (Wildman–Crippen LogP) is 9.10. The molecule has 0 radical (unpaired) electrons. The Bertz CT molecular complexity index is 1310. The van der Waals surface area contributed by atoms with Gasteiger partial charge in [0.1, 0.15) is 0 Å². The summed E-state index contributed by atoms with van der Waals surface area (Å²) in [7, 11) is 9.75. The Labute approximate surface area is 254 Å². The fourth-order valence-electron chi connectivity index (χ4n) is 7.76. The van der Waals surface area contributed by atoms with Gasteiger partial charge in [-0.2, -0.15) is 0 Å². The molecule has 2 aliphatic carbocycles. The molecule has 4 aromatic carbocycles. The zero-order valence-corrected chi connectivity index (χ0v) is 26.4. The molecule has 218 valence electrons. The molecule has 0 spiro atoms. The molecule has 0 aromatic heterocycles. The SMILES string of the molecule is C[N+](C)(CCCCCC[N+](C)(C)CCC1c2ccccc2-c2ccccc21)CCC1c2ccccc2-c2ccccc21. The average Bonchev–Trinajstić information content (AvgIpc) is 3.49. The molecule has 0 aliphatic heterocycles. The summed E-state index contributed by atoms with van der Waals surface area (Å²) in [6, 6.07) is 36.2. The summed E-state index contributed by atoms with van der Waals surface area (Å²) >= 11 is 0. The maximum absolute atomic E-state index is 2.44. The number of rotatable bonds is 13. The van der Waals surface area contributed by atoms with E-state index in [2.05, 4.69) is 125 Å². The summed E-state index contributed by atoms with van der Waals surface area (Å²) in [6.45, 7) is 5.00. The lowest BCUT2D eigenvalue weighted by atomic mass is 9.93. The minimum atomic E-state index is 0.543. The van der Waals surface area contributed by atoms with E-state index in [4.69, 9.17) is 0 Å². The van der Waals surface area contributed by atoms with Crippen LogP contribution in [0.1, 0.15) is 72.6 Å². The van der Waals surface area contributed by atoms with Crippen LogP contribution in [0.15, 0.2) is 97.1 Å². The van der Waals surface area contributed by atoms with E-state index in [0.717, 1.165) is 8.97 Å². The molecule has 0 saturated heterocycles.